The van der Waals surface area contributed by atoms with Crippen LogP contribution in [-0.2, 0) is 4.79 Å². The van der Waals surface area contributed by atoms with Crippen LogP contribution in [0.1, 0.15) is 23.7 Å². The Morgan fingerprint density at radius 1 is 1.00 bits per heavy atom. The topological polar surface area (TPSA) is 70.2 Å². The van der Waals surface area contributed by atoms with Gasteiger partial charge in [-0.15, -0.1) is 0 Å². The summed E-state index contributed by atoms with van der Waals surface area (Å²) in [6.07, 6.45) is 0.347. The molecule has 2 aromatic carbocycles. The minimum Gasteiger partial charge on any atom is -0.332 e. The van der Waals surface area contributed by atoms with Crippen molar-refractivity contribution in [2.24, 2.45) is 0 Å². The lowest BCUT2D eigenvalue weighted by molar-refractivity contribution is -0.119. The van der Waals surface area contributed by atoms with E-state index in [2.05, 4.69) is 16.0 Å². The summed E-state index contributed by atoms with van der Waals surface area (Å²) in [6, 6.07) is 11.5. The standard InChI is InChI=1S/C17H15Cl2N3O2S/c1-2-15(23)22-17(25)21-12-6-4-11(5-7-12)20-16(24)13-8-3-10(18)9-14(13)19/h3-9H,2H2,1H3,(H,20,24)(H2,21,22,23,25). The normalized spacial score (nSPS) is 10.0. The quantitative estimate of drug-likeness (QED) is 0.667. The van der Waals surface area contributed by atoms with Crippen LogP contribution in [0.25, 0.3) is 0 Å². The lowest BCUT2D eigenvalue weighted by Gasteiger charge is -2.10. The number of hydrogen-bond acceptors (Lipinski definition) is 3. The molecule has 0 spiro atoms. The van der Waals surface area contributed by atoms with Crippen LogP contribution >= 0.6 is 35.4 Å². The molecule has 0 aliphatic carbocycles. The van der Waals surface area contributed by atoms with Gasteiger partial charge in [-0.25, -0.2) is 0 Å². The van der Waals surface area contributed by atoms with Crippen LogP contribution in [0.2, 0.25) is 10.0 Å². The summed E-state index contributed by atoms with van der Waals surface area (Å²) in [5.41, 5.74) is 1.60. The molecule has 5 nitrogen and oxygen atoms in total. The molecule has 0 aliphatic heterocycles. The van der Waals surface area contributed by atoms with Crippen LogP contribution in [0.15, 0.2) is 42.5 Å². The lowest BCUT2D eigenvalue weighted by Crippen LogP contribution is -2.33. The number of thiocarbonyl (C=S) groups is 1. The molecule has 0 saturated heterocycles. The van der Waals surface area contributed by atoms with Crippen LogP contribution in [0, 0.1) is 0 Å². The molecule has 0 bridgehead atoms. The molecule has 2 rings (SSSR count). The summed E-state index contributed by atoms with van der Waals surface area (Å²) in [6.45, 7) is 1.74. The SMILES string of the molecule is CCC(=O)NC(=S)Nc1ccc(NC(=O)c2ccc(Cl)cc2Cl)cc1. The Morgan fingerprint density at radius 2 is 1.60 bits per heavy atom. The van der Waals surface area contributed by atoms with E-state index in [4.69, 9.17) is 35.4 Å². The van der Waals surface area contributed by atoms with Crippen molar-refractivity contribution in [3.05, 3.63) is 58.1 Å². The van der Waals surface area contributed by atoms with Gasteiger partial charge in [0.05, 0.1) is 10.6 Å². The fourth-order valence-corrected chi connectivity index (χ4v) is 2.61. The van der Waals surface area contributed by atoms with E-state index in [1.807, 2.05) is 0 Å². The molecule has 0 heterocycles. The molecule has 0 fully saturated rings. The molecule has 130 valence electrons. The average Bonchev–Trinajstić information content (AvgIpc) is 2.56. The van der Waals surface area contributed by atoms with Gasteiger partial charge < -0.3 is 16.0 Å². The molecule has 2 aromatic rings. The van der Waals surface area contributed by atoms with Gasteiger partial charge in [0.25, 0.3) is 5.91 Å². The molecule has 8 heteroatoms. The highest BCUT2D eigenvalue weighted by Gasteiger charge is 2.11. The van der Waals surface area contributed by atoms with Gasteiger partial charge in [0.1, 0.15) is 0 Å². The van der Waals surface area contributed by atoms with E-state index in [0.717, 1.165) is 0 Å². The molecule has 25 heavy (non-hydrogen) atoms. The van der Waals surface area contributed by atoms with Gasteiger partial charge >= 0.3 is 0 Å². The number of amides is 2. The molecule has 0 aliphatic rings. The molecular formula is C17H15Cl2N3O2S. The van der Waals surface area contributed by atoms with E-state index in [0.29, 0.717) is 28.4 Å². The van der Waals surface area contributed by atoms with Gasteiger partial charge in [-0.1, -0.05) is 30.1 Å². The fraction of sp³-hybridized carbons (Fsp3) is 0.118. The van der Waals surface area contributed by atoms with Gasteiger partial charge in [0.2, 0.25) is 5.91 Å². The summed E-state index contributed by atoms with van der Waals surface area (Å²) in [7, 11) is 0. The number of hydrogen-bond donors (Lipinski definition) is 3. The van der Waals surface area contributed by atoms with Gasteiger partial charge in [-0.2, -0.15) is 0 Å². The largest absolute Gasteiger partial charge is 0.332 e. The van der Waals surface area contributed by atoms with Crippen molar-refractivity contribution in [3.63, 3.8) is 0 Å². The van der Waals surface area contributed by atoms with Crippen molar-refractivity contribution in [2.45, 2.75) is 13.3 Å². The van der Waals surface area contributed by atoms with Crippen LogP contribution in [0.3, 0.4) is 0 Å². The van der Waals surface area contributed by atoms with Gasteiger partial charge in [-0.3, -0.25) is 9.59 Å². The number of anilines is 2. The van der Waals surface area contributed by atoms with Crippen molar-refractivity contribution in [2.75, 3.05) is 10.6 Å². The summed E-state index contributed by atoms with van der Waals surface area (Å²) in [5, 5.41) is 9.13. The summed E-state index contributed by atoms with van der Waals surface area (Å²) in [4.78, 5) is 23.5. The van der Waals surface area contributed by atoms with Crippen molar-refractivity contribution in [3.8, 4) is 0 Å². The maximum absolute atomic E-state index is 12.2. The van der Waals surface area contributed by atoms with Gasteiger partial charge in [-0.05, 0) is 54.7 Å². The Hall–Kier alpha value is -2.15. The third kappa shape index (κ3) is 5.70. The average molecular weight is 396 g/mol. The molecule has 0 aromatic heterocycles. The minimum atomic E-state index is -0.340. The third-order valence-electron chi connectivity index (χ3n) is 3.15. The summed E-state index contributed by atoms with van der Waals surface area (Å²) >= 11 is 16.9. The monoisotopic (exact) mass is 395 g/mol. The number of carbonyl (C=O) groups excluding carboxylic acids is 2. The van der Waals surface area contributed by atoms with Gasteiger partial charge in [0.15, 0.2) is 5.11 Å². The molecule has 0 radical (unpaired) electrons. The van der Waals surface area contributed by atoms with E-state index < -0.39 is 0 Å². The van der Waals surface area contributed by atoms with Crippen molar-refractivity contribution in [1.82, 2.24) is 5.32 Å². The number of carbonyl (C=O) groups is 2. The summed E-state index contributed by atoms with van der Waals surface area (Å²) < 4.78 is 0. The Morgan fingerprint density at radius 3 is 2.16 bits per heavy atom. The number of halogens is 2. The zero-order valence-corrected chi connectivity index (χ0v) is 15.6. The minimum absolute atomic E-state index is 0.166. The van der Waals surface area contributed by atoms with Crippen LogP contribution < -0.4 is 16.0 Å². The first kappa shape index (κ1) is 19.2. The van der Waals surface area contributed by atoms with E-state index >= 15 is 0 Å². The first-order valence-electron chi connectivity index (χ1n) is 7.36. The molecule has 3 N–H and O–H groups in total. The predicted molar refractivity (Wildman–Crippen MR) is 106 cm³/mol. The van der Waals surface area contributed by atoms with Crippen molar-refractivity contribution >= 4 is 63.7 Å². The molecule has 0 unspecified atom stereocenters. The number of nitrogens with one attached hydrogen (secondary N) is 3. The Kier molecular flexibility index (Phi) is 6.75. The smallest absolute Gasteiger partial charge is 0.257 e. The predicted octanol–water partition coefficient (Wildman–Crippen LogP) is 4.47. The Balaban J connectivity index is 1.99. The van der Waals surface area contributed by atoms with Crippen LogP contribution in [0.5, 0.6) is 0 Å². The zero-order valence-electron chi connectivity index (χ0n) is 13.2. The van der Waals surface area contributed by atoms with E-state index in [9.17, 15) is 9.59 Å². The molecular weight excluding hydrogens is 381 g/mol. The highest BCUT2D eigenvalue weighted by molar-refractivity contribution is 7.80. The third-order valence-corrected chi connectivity index (χ3v) is 3.90. The van der Waals surface area contributed by atoms with E-state index in [-0.39, 0.29) is 21.9 Å². The van der Waals surface area contributed by atoms with E-state index in [1.54, 1.807) is 43.3 Å². The second-order valence-corrected chi connectivity index (χ2v) is 6.26. The second-order valence-electron chi connectivity index (χ2n) is 5.01. The first-order valence-corrected chi connectivity index (χ1v) is 8.52. The number of rotatable bonds is 4. The van der Waals surface area contributed by atoms with Crippen LogP contribution in [0.4, 0.5) is 11.4 Å². The Bertz CT molecular complexity index is 810. The maximum atomic E-state index is 12.2. The number of benzene rings is 2. The highest BCUT2D eigenvalue weighted by Crippen LogP contribution is 2.22. The van der Waals surface area contributed by atoms with Gasteiger partial charge in [0, 0.05) is 22.8 Å². The van der Waals surface area contributed by atoms with Crippen molar-refractivity contribution in [1.29, 1.82) is 0 Å². The van der Waals surface area contributed by atoms with Crippen molar-refractivity contribution < 1.29 is 9.59 Å². The zero-order chi connectivity index (χ0) is 18.4. The van der Waals surface area contributed by atoms with E-state index in [1.165, 1.54) is 6.07 Å². The first-order chi connectivity index (χ1) is 11.9. The second kappa shape index (κ2) is 8.80. The lowest BCUT2D eigenvalue weighted by atomic mass is 10.2. The highest BCUT2D eigenvalue weighted by atomic mass is 35.5. The molecule has 2 amide bonds. The Labute approximate surface area is 160 Å². The summed E-state index contributed by atoms with van der Waals surface area (Å²) in [5.74, 6) is -0.505. The molecule has 0 atom stereocenters. The van der Waals surface area contributed by atoms with Crippen LogP contribution in [-0.4, -0.2) is 16.9 Å². The fourth-order valence-electron chi connectivity index (χ4n) is 1.89. The molecule has 0 saturated carbocycles. The maximum Gasteiger partial charge on any atom is 0.257 e.